The molecule has 0 bridgehead atoms. The summed E-state index contributed by atoms with van der Waals surface area (Å²) in [4.78, 5) is 0. The maximum Gasteiger partial charge on any atom is 0.115 e. The van der Waals surface area contributed by atoms with Crippen LogP contribution in [0.5, 0.6) is 5.75 Å². The summed E-state index contributed by atoms with van der Waals surface area (Å²) < 4.78 is 0. The molecule has 0 aromatic heterocycles. The van der Waals surface area contributed by atoms with Gasteiger partial charge < -0.3 is 10.2 Å². The van der Waals surface area contributed by atoms with Gasteiger partial charge in [0, 0.05) is 0 Å². The molecule has 1 aliphatic carbocycles. The molecule has 2 nitrogen and oxygen atoms in total. The van der Waals surface area contributed by atoms with Crippen molar-refractivity contribution >= 4 is 0 Å². The molecule has 1 saturated carbocycles. The topological polar surface area (TPSA) is 40.5 Å². The first-order chi connectivity index (χ1) is 8.70. The second-order valence-corrected chi connectivity index (χ2v) is 5.62. The summed E-state index contributed by atoms with van der Waals surface area (Å²) in [5, 5.41) is 19.9. The Labute approximate surface area is 110 Å². The molecule has 1 aromatic rings. The lowest BCUT2D eigenvalue weighted by molar-refractivity contribution is 0.0666. The quantitative estimate of drug-likeness (QED) is 0.844. The van der Waals surface area contributed by atoms with Crippen molar-refractivity contribution in [2.75, 3.05) is 0 Å². The van der Waals surface area contributed by atoms with E-state index in [1.807, 2.05) is 6.07 Å². The van der Waals surface area contributed by atoms with Gasteiger partial charge in [0.05, 0.1) is 6.10 Å². The van der Waals surface area contributed by atoms with Crippen LogP contribution in [-0.4, -0.2) is 10.2 Å². The summed E-state index contributed by atoms with van der Waals surface area (Å²) in [5.74, 6) is 1.38. The van der Waals surface area contributed by atoms with Gasteiger partial charge in [0.15, 0.2) is 0 Å². The molecule has 0 radical (unpaired) electrons. The zero-order chi connectivity index (χ0) is 13.0. The Morgan fingerprint density at radius 1 is 1.33 bits per heavy atom. The van der Waals surface area contributed by atoms with Gasteiger partial charge in [0.1, 0.15) is 5.75 Å². The molecule has 0 spiro atoms. The van der Waals surface area contributed by atoms with Crippen LogP contribution in [0.15, 0.2) is 24.3 Å². The molecule has 0 saturated heterocycles. The van der Waals surface area contributed by atoms with E-state index >= 15 is 0 Å². The SMILES string of the molecule is CCC[C@@H]1CCC[C@H]([C@@H](O)c2cccc(O)c2)C1. The molecule has 3 atom stereocenters. The summed E-state index contributed by atoms with van der Waals surface area (Å²) in [6.07, 6.45) is 6.88. The Hall–Kier alpha value is -1.02. The molecule has 2 rings (SSSR count). The predicted octanol–water partition coefficient (Wildman–Crippen LogP) is 4.03. The fourth-order valence-electron chi connectivity index (χ4n) is 3.27. The van der Waals surface area contributed by atoms with E-state index < -0.39 is 6.10 Å². The van der Waals surface area contributed by atoms with Crippen LogP contribution in [0.4, 0.5) is 0 Å². The highest BCUT2D eigenvalue weighted by Gasteiger charge is 2.27. The van der Waals surface area contributed by atoms with Crippen molar-refractivity contribution in [2.45, 2.75) is 51.6 Å². The highest BCUT2D eigenvalue weighted by atomic mass is 16.3. The molecule has 0 amide bonds. The molecule has 1 aromatic carbocycles. The highest BCUT2D eigenvalue weighted by Crippen LogP contribution is 2.39. The lowest BCUT2D eigenvalue weighted by atomic mass is 9.76. The zero-order valence-electron chi connectivity index (χ0n) is 11.2. The molecule has 0 heterocycles. The first-order valence-electron chi connectivity index (χ1n) is 7.17. The minimum absolute atomic E-state index is 0.243. The minimum Gasteiger partial charge on any atom is -0.508 e. The van der Waals surface area contributed by atoms with E-state index in [1.165, 1.54) is 25.7 Å². The van der Waals surface area contributed by atoms with Crippen molar-refractivity contribution in [1.82, 2.24) is 0 Å². The number of phenols is 1. The van der Waals surface area contributed by atoms with Gasteiger partial charge in [-0.15, -0.1) is 0 Å². The summed E-state index contributed by atoms with van der Waals surface area (Å²) in [6, 6.07) is 7.05. The average Bonchev–Trinajstić information content (AvgIpc) is 2.39. The van der Waals surface area contributed by atoms with Gasteiger partial charge in [-0.2, -0.15) is 0 Å². The van der Waals surface area contributed by atoms with E-state index in [0.717, 1.165) is 24.3 Å². The van der Waals surface area contributed by atoms with E-state index in [4.69, 9.17) is 0 Å². The second-order valence-electron chi connectivity index (χ2n) is 5.62. The number of aromatic hydroxyl groups is 1. The van der Waals surface area contributed by atoms with Gasteiger partial charge in [-0.3, -0.25) is 0 Å². The van der Waals surface area contributed by atoms with Gasteiger partial charge in [-0.05, 0) is 42.4 Å². The number of phenolic OH excluding ortho intramolecular Hbond substituents is 1. The Kier molecular flexibility index (Phi) is 4.65. The largest absolute Gasteiger partial charge is 0.508 e. The van der Waals surface area contributed by atoms with Gasteiger partial charge in [0.2, 0.25) is 0 Å². The van der Waals surface area contributed by atoms with Crippen LogP contribution >= 0.6 is 0 Å². The van der Waals surface area contributed by atoms with Crippen molar-refractivity contribution in [2.24, 2.45) is 11.8 Å². The molecule has 0 aliphatic heterocycles. The summed E-state index contributed by atoms with van der Waals surface area (Å²) >= 11 is 0. The lowest BCUT2D eigenvalue weighted by Crippen LogP contribution is -2.21. The Morgan fingerprint density at radius 2 is 2.17 bits per heavy atom. The Balaban J connectivity index is 2.02. The molecule has 18 heavy (non-hydrogen) atoms. The fraction of sp³-hybridized carbons (Fsp3) is 0.625. The maximum absolute atomic E-state index is 10.4. The molecule has 1 aliphatic rings. The molecule has 1 fully saturated rings. The van der Waals surface area contributed by atoms with E-state index in [-0.39, 0.29) is 5.75 Å². The van der Waals surface area contributed by atoms with Crippen molar-refractivity contribution < 1.29 is 10.2 Å². The van der Waals surface area contributed by atoms with Gasteiger partial charge in [0.25, 0.3) is 0 Å². The molecule has 2 heteroatoms. The maximum atomic E-state index is 10.4. The smallest absolute Gasteiger partial charge is 0.115 e. The molecular formula is C16H24O2. The lowest BCUT2D eigenvalue weighted by Gasteiger charge is -2.32. The summed E-state index contributed by atoms with van der Waals surface area (Å²) in [6.45, 7) is 2.23. The summed E-state index contributed by atoms with van der Waals surface area (Å²) in [5.41, 5.74) is 0.858. The van der Waals surface area contributed by atoms with Gasteiger partial charge >= 0.3 is 0 Å². The van der Waals surface area contributed by atoms with Gasteiger partial charge in [-0.25, -0.2) is 0 Å². The third kappa shape index (κ3) is 3.26. The van der Waals surface area contributed by atoms with Crippen molar-refractivity contribution in [1.29, 1.82) is 0 Å². The zero-order valence-corrected chi connectivity index (χ0v) is 11.2. The minimum atomic E-state index is -0.420. The van der Waals surface area contributed by atoms with Crippen molar-refractivity contribution in [3.8, 4) is 5.75 Å². The number of hydrogen-bond acceptors (Lipinski definition) is 2. The van der Waals surface area contributed by atoms with Crippen molar-refractivity contribution in [3.05, 3.63) is 29.8 Å². The third-order valence-electron chi connectivity index (χ3n) is 4.18. The summed E-state index contributed by atoms with van der Waals surface area (Å²) in [7, 11) is 0. The molecule has 100 valence electrons. The van der Waals surface area contributed by atoms with E-state index in [1.54, 1.807) is 18.2 Å². The van der Waals surface area contributed by atoms with Crippen molar-refractivity contribution in [3.63, 3.8) is 0 Å². The molecule has 2 N–H and O–H groups in total. The Bertz CT molecular complexity index is 373. The number of aliphatic hydroxyl groups is 1. The van der Waals surface area contributed by atoms with Crippen LogP contribution in [0.25, 0.3) is 0 Å². The monoisotopic (exact) mass is 248 g/mol. The number of benzene rings is 1. The number of rotatable bonds is 4. The predicted molar refractivity (Wildman–Crippen MR) is 73.4 cm³/mol. The van der Waals surface area contributed by atoms with Crippen LogP contribution in [-0.2, 0) is 0 Å². The fourth-order valence-corrected chi connectivity index (χ4v) is 3.27. The molecule has 0 unspecified atom stereocenters. The van der Waals surface area contributed by atoms with Crippen LogP contribution < -0.4 is 0 Å². The van der Waals surface area contributed by atoms with Crippen LogP contribution in [0.1, 0.15) is 57.1 Å². The molecular weight excluding hydrogens is 224 g/mol. The standard InChI is InChI=1S/C16H24O2/c1-2-5-12-6-3-7-13(10-12)16(18)14-8-4-9-15(17)11-14/h4,8-9,11-13,16-18H,2-3,5-7,10H2,1H3/t12-,13+,16-/m1/s1. The van der Waals surface area contributed by atoms with E-state index in [0.29, 0.717) is 5.92 Å². The van der Waals surface area contributed by atoms with E-state index in [9.17, 15) is 10.2 Å². The number of hydrogen-bond donors (Lipinski definition) is 2. The first-order valence-corrected chi connectivity index (χ1v) is 7.17. The van der Waals surface area contributed by atoms with Crippen LogP contribution in [0, 0.1) is 11.8 Å². The number of aliphatic hydroxyl groups excluding tert-OH is 1. The average molecular weight is 248 g/mol. The third-order valence-corrected chi connectivity index (χ3v) is 4.18. The first kappa shape index (κ1) is 13.4. The van der Waals surface area contributed by atoms with Gasteiger partial charge in [-0.1, -0.05) is 44.7 Å². The van der Waals surface area contributed by atoms with Crippen LogP contribution in [0.2, 0.25) is 0 Å². The second kappa shape index (κ2) is 6.24. The van der Waals surface area contributed by atoms with Crippen LogP contribution in [0.3, 0.4) is 0 Å². The normalized spacial score (nSPS) is 25.9. The van der Waals surface area contributed by atoms with E-state index in [2.05, 4.69) is 6.92 Å². The Morgan fingerprint density at radius 3 is 2.89 bits per heavy atom. The highest BCUT2D eigenvalue weighted by molar-refractivity contribution is 5.28.